The van der Waals surface area contributed by atoms with Gasteiger partial charge in [-0.15, -0.1) is 0 Å². The predicted molar refractivity (Wildman–Crippen MR) is 85.4 cm³/mol. The average molecular weight is 384 g/mol. The number of nitrogen functional groups attached to an aromatic ring is 1. The zero-order valence-corrected chi connectivity index (χ0v) is 13.4. The van der Waals surface area contributed by atoms with Gasteiger partial charge in [-0.2, -0.15) is 0 Å². The van der Waals surface area contributed by atoms with Crippen LogP contribution in [0.25, 0.3) is 0 Å². The van der Waals surface area contributed by atoms with Gasteiger partial charge in [0.25, 0.3) is 5.91 Å². The number of halogens is 2. The molecule has 2 aromatic rings. The fourth-order valence-corrected chi connectivity index (χ4v) is 2.75. The molecule has 0 unspecified atom stereocenters. The molecule has 0 atom stereocenters. The Bertz CT molecular complexity index is 641. The first kappa shape index (κ1) is 14.1. The van der Waals surface area contributed by atoms with Gasteiger partial charge in [-0.3, -0.25) is 4.79 Å². The van der Waals surface area contributed by atoms with Crippen LogP contribution in [0, 0.1) is 6.92 Å². The standard InChI is InChI=1S/C14H12Br2N2O/c1-8-6-9(2-4-12(8)17)14(19)18-13-5-3-10(15)7-11(13)16/h2-7H,17H2,1H3,(H,18,19). The van der Waals surface area contributed by atoms with Gasteiger partial charge in [0, 0.05) is 20.2 Å². The summed E-state index contributed by atoms with van der Waals surface area (Å²) in [5.41, 5.74) is 8.62. The van der Waals surface area contributed by atoms with E-state index >= 15 is 0 Å². The second kappa shape index (κ2) is 5.75. The lowest BCUT2D eigenvalue weighted by Crippen LogP contribution is -2.12. The highest BCUT2D eigenvalue weighted by Gasteiger charge is 2.09. The van der Waals surface area contributed by atoms with Crippen LogP contribution in [0.5, 0.6) is 0 Å². The summed E-state index contributed by atoms with van der Waals surface area (Å²) in [6, 6.07) is 10.8. The molecule has 0 spiro atoms. The van der Waals surface area contributed by atoms with Gasteiger partial charge < -0.3 is 11.1 Å². The Balaban J connectivity index is 2.23. The van der Waals surface area contributed by atoms with E-state index in [-0.39, 0.29) is 5.91 Å². The molecule has 5 heteroatoms. The molecule has 19 heavy (non-hydrogen) atoms. The molecule has 3 N–H and O–H groups in total. The molecule has 0 aliphatic heterocycles. The predicted octanol–water partition coefficient (Wildman–Crippen LogP) is 4.35. The van der Waals surface area contributed by atoms with Crippen molar-refractivity contribution in [3.8, 4) is 0 Å². The second-order valence-electron chi connectivity index (χ2n) is 4.15. The maximum atomic E-state index is 12.1. The second-order valence-corrected chi connectivity index (χ2v) is 5.92. The van der Waals surface area contributed by atoms with Gasteiger partial charge in [0.05, 0.1) is 5.69 Å². The number of amides is 1. The molecule has 3 nitrogen and oxygen atoms in total. The molecular weight excluding hydrogens is 372 g/mol. The van der Waals surface area contributed by atoms with Crippen molar-refractivity contribution in [1.82, 2.24) is 0 Å². The molecule has 2 aromatic carbocycles. The summed E-state index contributed by atoms with van der Waals surface area (Å²) in [4.78, 5) is 12.1. The Morgan fingerprint density at radius 2 is 1.89 bits per heavy atom. The third-order valence-electron chi connectivity index (χ3n) is 2.71. The fourth-order valence-electron chi connectivity index (χ4n) is 1.60. The van der Waals surface area contributed by atoms with E-state index < -0.39 is 0 Å². The molecule has 0 aliphatic carbocycles. The summed E-state index contributed by atoms with van der Waals surface area (Å²) in [6.07, 6.45) is 0. The van der Waals surface area contributed by atoms with Gasteiger partial charge in [0.15, 0.2) is 0 Å². The Kier molecular flexibility index (Phi) is 4.27. The van der Waals surface area contributed by atoms with Crippen molar-refractivity contribution < 1.29 is 4.79 Å². The summed E-state index contributed by atoms with van der Waals surface area (Å²) in [5, 5.41) is 2.85. The minimum Gasteiger partial charge on any atom is -0.399 e. The van der Waals surface area contributed by atoms with Crippen LogP contribution in [0.1, 0.15) is 15.9 Å². The first-order chi connectivity index (χ1) is 8.97. The van der Waals surface area contributed by atoms with E-state index in [4.69, 9.17) is 5.73 Å². The van der Waals surface area contributed by atoms with Crippen molar-refractivity contribution in [2.75, 3.05) is 11.1 Å². The fraction of sp³-hybridized carbons (Fsp3) is 0.0714. The molecule has 0 saturated heterocycles. The minimum atomic E-state index is -0.161. The maximum Gasteiger partial charge on any atom is 0.255 e. The van der Waals surface area contributed by atoms with E-state index in [2.05, 4.69) is 37.2 Å². The normalized spacial score (nSPS) is 10.3. The van der Waals surface area contributed by atoms with Crippen LogP contribution in [-0.2, 0) is 0 Å². The van der Waals surface area contributed by atoms with E-state index in [1.54, 1.807) is 18.2 Å². The van der Waals surface area contributed by atoms with Crippen LogP contribution in [-0.4, -0.2) is 5.91 Å². The first-order valence-corrected chi connectivity index (χ1v) is 7.18. The molecule has 98 valence electrons. The van der Waals surface area contributed by atoms with Crippen LogP contribution >= 0.6 is 31.9 Å². The van der Waals surface area contributed by atoms with E-state index in [1.165, 1.54) is 0 Å². The zero-order valence-electron chi connectivity index (χ0n) is 10.2. The number of rotatable bonds is 2. The summed E-state index contributed by atoms with van der Waals surface area (Å²) >= 11 is 6.78. The molecule has 0 aromatic heterocycles. The molecule has 0 saturated carbocycles. The van der Waals surface area contributed by atoms with E-state index in [0.29, 0.717) is 11.3 Å². The van der Waals surface area contributed by atoms with Crippen LogP contribution in [0.15, 0.2) is 45.3 Å². The number of carbonyl (C=O) groups excluding carboxylic acids is 1. The van der Waals surface area contributed by atoms with Crippen molar-refractivity contribution in [2.24, 2.45) is 0 Å². The quantitative estimate of drug-likeness (QED) is 0.757. The number of hydrogen-bond donors (Lipinski definition) is 2. The largest absolute Gasteiger partial charge is 0.399 e. The van der Waals surface area contributed by atoms with Crippen LogP contribution in [0.3, 0.4) is 0 Å². The smallest absolute Gasteiger partial charge is 0.255 e. The van der Waals surface area contributed by atoms with Gasteiger partial charge in [0.2, 0.25) is 0 Å². The van der Waals surface area contributed by atoms with Crippen molar-refractivity contribution in [1.29, 1.82) is 0 Å². The van der Waals surface area contributed by atoms with E-state index in [0.717, 1.165) is 20.2 Å². The molecule has 0 radical (unpaired) electrons. The summed E-state index contributed by atoms with van der Waals surface area (Å²) in [7, 11) is 0. The number of aryl methyl sites for hydroxylation is 1. The summed E-state index contributed by atoms with van der Waals surface area (Å²) < 4.78 is 1.77. The van der Waals surface area contributed by atoms with Crippen molar-refractivity contribution in [3.05, 3.63) is 56.5 Å². The number of anilines is 2. The SMILES string of the molecule is Cc1cc(C(=O)Nc2ccc(Br)cc2Br)ccc1N. The molecule has 2 rings (SSSR count). The monoisotopic (exact) mass is 382 g/mol. The molecule has 0 fully saturated rings. The highest BCUT2D eigenvalue weighted by atomic mass is 79.9. The maximum absolute atomic E-state index is 12.1. The lowest BCUT2D eigenvalue weighted by molar-refractivity contribution is 0.102. The Hall–Kier alpha value is -1.33. The van der Waals surface area contributed by atoms with Crippen molar-refractivity contribution in [3.63, 3.8) is 0 Å². The lowest BCUT2D eigenvalue weighted by Gasteiger charge is -2.09. The van der Waals surface area contributed by atoms with Crippen molar-refractivity contribution in [2.45, 2.75) is 6.92 Å². The van der Waals surface area contributed by atoms with Crippen LogP contribution in [0.2, 0.25) is 0 Å². The summed E-state index contributed by atoms with van der Waals surface area (Å²) in [5.74, 6) is -0.161. The molecule has 1 amide bonds. The van der Waals surface area contributed by atoms with Crippen LogP contribution < -0.4 is 11.1 Å². The van der Waals surface area contributed by atoms with Gasteiger partial charge in [-0.1, -0.05) is 15.9 Å². The van der Waals surface area contributed by atoms with Crippen molar-refractivity contribution >= 4 is 49.1 Å². The molecular formula is C14H12Br2N2O. The number of nitrogens with two attached hydrogens (primary N) is 1. The van der Waals surface area contributed by atoms with Gasteiger partial charge in [-0.05, 0) is 64.8 Å². The lowest BCUT2D eigenvalue weighted by atomic mass is 10.1. The molecule has 0 heterocycles. The van der Waals surface area contributed by atoms with Gasteiger partial charge >= 0.3 is 0 Å². The third-order valence-corrected chi connectivity index (χ3v) is 3.86. The number of hydrogen-bond acceptors (Lipinski definition) is 2. The summed E-state index contributed by atoms with van der Waals surface area (Å²) in [6.45, 7) is 1.88. The van der Waals surface area contributed by atoms with Gasteiger partial charge in [0.1, 0.15) is 0 Å². The highest BCUT2D eigenvalue weighted by molar-refractivity contribution is 9.11. The van der Waals surface area contributed by atoms with Crippen LogP contribution in [0.4, 0.5) is 11.4 Å². The number of nitrogens with one attached hydrogen (secondary N) is 1. The molecule has 0 aliphatic rings. The number of benzene rings is 2. The number of carbonyl (C=O) groups is 1. The first-order valence-electron chi connectivity index (χ1n) is 5.60. The highest BCUT2D eigenvalue weighted by Crippen LogP contribution is 2.26. The Labute approximate surface area is 128 Å². The topological polar surface area (TPSA) is 55.1 Å². The third kappa shape index (κ3) is 3.36. The van der Waals surface area contributed by atoms with Gasteiger partial charge in [-0.25, -0.2) is 0 Å². The zero-order chi connectivity index (χ0) is 14.0. The minimum absolute atomic E-state index is 0.161. The van der Waals surface area contributed by atoms with E-state index in [1.807, 2.05) is 25.1 Å². The molecule has 0 bridgehead atoms. The van der Waals surface area contributed by atoms with E-state index in [9.17, 15) is 4.79 Å². The Morgan fingerprint density at radius 1 is 1.16 bits per heavy atom. The Morgan fingerprint density at radius 3 is 2.53 bits per heavy atom. The average Bonchev–Trinajstić information content (AvgIpc) is 2.36.